The smallest absolute Gasteiger partial charge is 0.275 e. The van der Waals surface area contributed by atoms with Crippen molar-refractivity contribution in [1.82, 2.24) is 0 Å². The molecule has 110 valence electrons. The van der Waals surface area contributed by atoms with Crippen molar-refractivity contribution in [2.24, 2.45) is 5.84 Å². The number of nitrogens with two attached hydrogens (primary N) is 1. The highest BCUT2D eigenvalue weighted by atomic mass is 79.9. The van der Waals surface area contributed by atoms with Crippen molar-refractivity contribution in [3.8, 4) is 11.5 Å². The average Bonchev–Trinajstić information content (AvgIpc) is 2.44. The fraction of sp³-hybridized carbons (Fsp3) is 0. The van der Waals surface area contributed by atoms with Crippen LogP contribution in [0.15, 0.2) is 34.8 Å². The van der Waals surface area contributed by atoms with Crippen LogP contribution in [0.4, 0.5) is 15.8 Å². The molecular weight excluding hydrogens is 369 g/mol. The van der Waals surface area contributed by atoms with Crippen LogP contribution >= 0.6 is 27.5 Å². The van der Waals surface area contributed by atoms with Gasteiger partial charge in [0.05, 0.1) is 26.2 Å². The van der Waals surface area contributed by atoms with E-state index >= 15 is 0 Å². The monoisotopic (exact) mass is 375 g/mol. The minimum Gasteiger partial charge on any atom is -0.456 e. The number of rotatable bonds is 4. The number of halogens is 3. The van der Waals surface area contributed by atoms with Gasteiger partial charge in [0, 0.05) is 18.2 Å². The number of nitro benzene ring substituents is 1. The summed E-state index contributed by atoms with van der Waals surface area (Å²) >= 11 is 8.80. The Kier molecular flexibility index (Phi) is 4.61. The maximum atomic E-state index is 13.4. The van der Waals surface area contributed by atoms with E-state index < -0.39 is 10.7 Å². The van der Waals surface area contributed by atoms with Crippen molar-refractivity contribution in [3.63, 3.8) is 0 Å². The number of anilines is 1. The summed E-state index contributed by atoms with van der Waals surface area (Å²) in [6.45, 7) is 0. The molecule has 0 saturated carbocycles. The molecular formula is C12H8BrClFN3O3. The second-order valence-electron chi connectivity index (χ2n) is 3.92. The second-order valence-corrected chi connectivity index (χ2v) is 5.18. The molecule has 0 atom stereocenters. The number of hydrogen-bond donors (Lipinski definition) is 2. The van der Waals surface area contributed by atoms with E-state index in [9.17, 15) is 14.5 Å². The van der Waals surface area contributed by atoms with Crippen molar-refractivity contribution in [2.75, 3.05) is 5.43 Å². The molecule has 0 amide bonds. The van der Waals surface area contributed by atoms with Crippen LogP contribution in [-0.2, 0) is 0 Å². The number of hydrazine groups is 1. The topological polar surface area (TPSA) is 90.4 Å². The Morgan fingerprint density at radius 1 is 1.33 bits per heavy atom. The van der Waals surface area contributed by atoms with Gasteiger partial charge in [-0.25, -0.2) is 4.39 Å². The molecule has 0 spiro atoms. The number of ether oxygens (including phenoxy) is 1. The molecule has 21 heavy (non-hydrogen) atoms. The Hall–Kier alpha value is -1.90. The number of nitrogens with zero attached hydrogens (tertiary/aromatic N) is 1. The van der Waals surface area contributed by atoms with Crippen molar-refractivity contribution in [3.05, 3.63) is 55.8 Å². The number of non-ortho nitro benzene ring substituents is 1. The highest BCUT2D eigenvalue weighted by Gasteiger charge is 2.13. The lowest BCUT2D eigenvalue weighted by Crippen LogP contribution is -2.07. The molecule has 0 aromatic heterocycles. The molecule has 3 N–H and O–H groups in total. The van der Waals surface area contributed by atoms with Crippen LogP contribution in [0.3, 0.4) is 0 Å². The quantitative estimate of drug-likeness (QED) is 0.361. The molecule has 9 heteroatoms. The maximum Gasteiger partial charge on any atom is 0.275 e. The number of nitrogen functional groups attached to an aromatic ring is 1. The molecule has 2 aromatic rings. The van der Waals surface area contributed by atoms with E-state index in [1.807, 2.05) is 0 Å². The fourth-order valence-corrected chi connectivity index (χ4v) is 2.26. The predicted molar refractivity (Wildman–Crippen MR) is 80.1 cm³/mol. The van der Waals surface area contributed by atoms with Crippen LogP contribution < -0.4 is 16.0 Å². The highest BCUT2D eigenvalue weighted by molar-refractivity contribution is 9.10. The lowest BCUT2D eigenvalue weighted by molar-refractivity contribution is -0.384. The van der Waals surface area contributed by atoms with Crippen LogP contribution in [0.5, 0.6) is 11.5 Å². The van der Waals surface area contributed by atoms with Crippen molar-refractivity contribution >= 4 is 38.9 Å². The fourth-order valence-electron chi connectivity index (χ4n) is 1.54. The Balaban J connectivity index is 2.41. The molecule has 0 unspecified atom stereocenters. The molecule has 0 heterocycles. The van der Waals surface area contributed by atoms with E-state index in [1.165, 1.54) is 24.3 Å². The van der Waals surface area contributed by atoms with Gasteiger partial charge in [-0.2, -0.15) is 0 Å². The molecule has 0 fully saturated rings. The predicted octanol–water partition coefficient (Wildman–Crippen LogP) is 4.23. The van der Waals surface area contributed by atoms with Gasteiger partial charge in [-0.1, -0.05) is 11.6 Å². The molecule has 2 aromatic carbocycles. The van der Waals surface area contributed by atoms with E-state index in [2.05, 4.69) is 21.4 Å². The Labute approximate surface area is 131 Å². The third-order valence-electron chi connectivity index (χ3n) is 2.47. The number of nitro groups is 1. The van der Waals surface area contributed by atoms with Crippen LogP contribution in [0, 0.1) is 15.9 Å². The van der Waals surface area contributed by atoms with Crippen LogP contribution in [-0.4, -0.2) is 4.92 Å². The van der Waals surface area contributed by atoms with E-state index in [0.717, 1.165) is 6.07 Å². The first-order valence-corrected chi connectivity index (χ1v) is 6.66. The van der Waals surface area contributed by atoms with Crippen LogP contribution in [0.2, 0.25) is 5.02 Å². The standard InChI is InChI=1S/C12H8BrClFN3O3/c13-9-4-10(14)11(15)5-12(9)21-8-2-6(17-16)1-7(3-8)18(19)20/h1-5,17H,16H2. The van der Waals surface area contributed by atoms with Crippen LogP contribution in [0.25, 0.3) is 0 Å². The zero-order valence-corrected chi connectivity index (χ0v) is 12.6. The first-order chi connectivity index (χ1) is 9.90. The van der Waals surface area contributed by atoms with E-state index in [1.54, 1.807) is 0 Å². The van der Waals surface area contributed by atoms with Crippen LogP contribution in [0.1, 0.15) is 0 Å². The first kappa shape index (κ1) is 15.5. The first-order valence-electron chi connectivity index (χ1n) is 5.49. The minimum atomic E-state index is -0.669. The molecule has 0 aliphatic rings. The van der Waals surface area contributed by atoms with Gasteiger partial charge < -0.3 is 10.2 Å². The third kappa shape index (κ3) is 3.60. The Bertz CT molecular complexity index is 714. The molecule has 2 rings (SSSR count). The summed E-state index contributed by atoms with van der Waals surface area (Å²) in [6, 6.07) is 6.27. The molecule has 0 radical (unpaired) electrons. The summed E-state index contributed by atoms with van der Waals surface area (Å²) in [5, 5.41) is 10.8. The lowest BCUT2D eigenvalue weighted by Gasteiger charge is -2.10. The van der Waals surface area contributed by atoms with Gasteiger partial charge in [0.2, 0.25) is 0 Å². The van der Waals surface area contributed by atoms with Crippen molar-refractivity contribution < 1.29 is 14.1 Å². The third-order valence-corrected chi connectivity index (χ3v) is 3.38. The zero-order chi connectivity index (χ0) is 15.6. The summed E-state index contributed by atoms with van der Waals surface area (Å²) in [6.07, 6.45) is 0. The van der Waals surface area contributed by atoms with Gasteiger partial charge in [0.25, 0.3) is 5.69 Å². The number of benzene rings is 2. The Morgan fingerprint density at radius 3 is 2.67 bits per heavy atom. The minimum absolute atomic E-state index is 0.0717. The largest absolute Gasteiger partial charge is 0.456 e. The molecule has 6 nitrogen and oxygen atoms in total. The summed E-state index contributed by atoms with van der Waals surface area (Å²) < 4.78 is 19.3. The van der Waals surface area contributed by atoms with Gasteiger partial charge in [-0.3, -0.25) is 16.0 Å². The molecule has 0 aliphatic carbocycles. The summed E-state index contributed by atoms with van der Waals surface area (Å²) in [5.74, 6) is 4.82. The molecule has 0 saturated heterocycles. The number of hydrogen-bond acceptors (Lipinski definition) is 5. The summed E-state index contributed by atoms with van der Waals surface area (Å²) in [7, 11) is 0. The molecule has 0 bridgehead atoms. The van der Waals surface area contributed by atoms with E-state index in [-0.39, 0.29) is 27.9 Å². The van der Waals surface area contributed by atoms with Gasteiger partial charge in [-0.05, 0) is 22.0 Å². The molecule has 0 aliphatic heterocycles. The van der Waals surface area contributed by atoms with Gasteiger partial charge >= 0.3 is 0 Å². The maximum absolute atomic E-state index is 13.4. The number of nitrogens with one attached hydrogen (secondary N) is 1. The second kappa shape index (κ2) is 6.25. The Morgan fingerprint density at radius 2 is 2.05 bits per heavy atom. The highest BCUT2D eigenvalue weighted by Crippen LogP contribution is 2.35. The normalized spacial score (nSPS) is 10.3. The summed E-state index contributed by atoms with van der Waals surface area (Å²) in [5.41, 5.74) is 2.36. The van der Waals surface area contributed by atoms with Crippen molar-refractivity contribution in [2.45, 2.75) is 0 Å². The summed E-state index contributed by atoms with van der Waals surface area (Å²) in [4.78, 5) is 10.2. The SMILES string of the molecule is NNc1cc(Oc2cc(F)c(Cl)cc2Br)cc([N+](=O)[O-])c1. The van der Waals surface area contributed by atoms with E-state index in [4.69, 9.17) is 22.2 Å². The van der Waals surface area contributed by atoms with Gasteiger partial charge in [0.1, 0.15) is 17.3 Å². The van der Waals surface area contributed by atoms with Crippen molar-refractivity contribution in [1.29, 1.82) is 0 Å². The van der Waals surface area contributed by atoms with E-state index in [0.29, 0.717) is 4.47 Å². The van der Waals surface area contributed by atoms with Gasteiger partial charge in [-0.15, -0.1) is 0 Å². The zero-order valence-electron chi connectivity index (χ0n) is 10.3. The average molecular weight is 377 g/mol. The lowest BCUT2D eigenvalue weighted by atomic mass is 10.2. The van der Waals surface area contributed by atoms with Gasteiger partial charge in [0.15, 0.2) is 0 Å².